The van der Waals surface area contributed by atoms with Gasteiger partial charge < -0.3 is 19.9 Å². The molecular formula is C30H39FN6O. The van der Waals surface area contributed by atoms with Gasteiger partial charge in [0.2, 0.25) is 0 Å². The zero-order valence-corrected chi connectivity index (χ0v) is 22.8. The largest absolute Gasteiger partial charge is 0.467 e. The lowest BCUT2D eigenvalue weighted by Crippen LogP contribution is -2.51. The highest BCUT2D eigenvalue weighted by atomic mass is 19.1. The highest BCUT2D eigenvalue weighted by Gasteiger charge is 2.34. The molecule has 7 nitrogen and oxygen atoms in total. The van der Waals surface area contributed by atoms with Crippen LogP contribution in [0.4, 0.5) is 10.2 Å². The van der Waals surface area contributed by atoms with Gasteiger partial charge in [-0.25, -0.2) is 4.39 Å². The third-order valence-corrected chi connectivity index (χ3v) is 8.70. The molecule has 2 bridgehead atoms. The van der Waals surface area contributed by atoms with Crippen molar-refractivity contribution in [2.45, 2.75) is 69.9 Å². The maximum Gasteiger partial charge on any atom is 0.318 e. The molecule has 1 aliphatic carbocycles. The average molecular weight is 519 g/mol. The van der Waals surface area contributed by atoms with Gasteiger partial charge in [-0.1, -0.05) is 25.1 Å². The fraction of sp³-hybridized carbons (Fsp3) is 0.567. The highest BCUT2D eigenvalue weighted by molar-refractivity contribution is 5.92. The van der Waals surface area contributed by atoms with Crippen molar-refractivity contribution in [2.24, 2.45) is 0 Å². The molecule has 3 saturated heterocycles. The maximum atomic E-state index is 16.0. The number of hydrogen-bond acceptors (Lipinski definition) is 7. The lowest BCUT2D eigenvalue weighted by molar-refractivity contribution is 0.380. The van der Waals surface area contributed by atoms with Gasteiger partial charge in [0.15, 0.2) is 5.82 Å². The van der Waals surface area contributed by atoms with Crippen molar-refractivity contribution in [3.63, 3.8) is 0 Å². The molecule has 0 amide bonds. The standard InChI is InChI=1S/C25H28FN5O.C5H11N/c1-14-5-3-6-15-7-4-8-18(20(14)15)22-21(26)23-19(11-27-22)24(30-25(29-23)32-2)31-12-16-9-10-17(13-31)28-16;1-6-4-2-3-5-6/h4,7-8,11,14,16-17,28H,3,5-6,9-10,12-13H2,1-2H3;2-5H2,1H3. The van der Waals surface area contributed by atoms with Gasteiger partial charge in [-0.05, 0) is 82.1 Å². The smallest absolute Gasteiger partial charge is 0.318 e. The molecule has 3 fully saturated rings. The summed E-state index contributed by atoms with van der Waals surface area (Å²) in [4.78, 5) is 18.3. The number of rotatable bonds is 3. The zero-order chi connectivity index (χ0) is 26.2. The number of ether oxygens (including phenoxy) is 1. The Balaban J connectivity index is 0.000000390. The average Bonchev–Trinajstić information content (AvgIpc) is 3.55. The van der Waals surface area contributed by atoms with Crippen LogP contribution in [0, 0.1) is 5.82 Å². The van der Waals surface area contributed by atoms with Crippen LogP contribution in [0.15, 0.2) is 24.4 Å². The van der Waals surface area contributed by atoms with Crippen molar-refractivity contribution in [1.82, 2.24) is 25.2 Å². The topological polar surface area (TPSA) is 66.4 Å². The molecular weight excluding hydrogens is 479 g/mol. The van der Waals surface area contributed by atoms with Crippen molar-refractivity contribution in [2.75, 3.05) is 45.2 Å². The molecule has 38 heavy (non-hydrogen) atoms. The van der Waals surface area contributed by atoms with E-state index in [1.807, 2.05) is 12.1 Å². The highest BCUT2D eigenvalue weighted by Crippen LogP contribution is 2.40. The second-order valence-corrected chi connectivity index (χ2v) is 11.4. The minimum atomic E-state index is -0.395. The van der Waals surface area contributed by atoms with Crippen molar-refractivity contribution >= 4 is 16.7 Å². The molecule has 3 aliphatic heterocycles. The summed E-state index contributed by atoms with van der Waals surface area (Å²) >= 11 is 0. The number of anilines is 1. The predicted molar refractivity (Wildman–Crippen MR) is 150 cm³/mol. The molecule has 1 N–H and O–H groups in total. The van der Waals surface area contributed by atoms with Gasteiger partial charge >= 0.3 is 6.01 Å². The van der Waals surface area contributed by atoms with Crippen LogP contribution in [-0.4, -0.2) is 72.3 Å². The van der Waals surface area contributed by atoms with E-state index in [0.29, 0.717) is 34.9 Å². The first kappa shape index (κ1) is 25.4. The molecule has 0 spiro atoms. The van der Waals surface area contributed by atoms with Crippen LogP contribution < -0.4 is 15.0 Å². The summed E-state index contributed by atoms with van der Waals surface area (Å²) in [7, 11) is 3.70. The van der Waals surface area contributed by atoms with Crippen LogP contribution in [0.3, 0.4) is 0 Å². The number of pyridine rings is 1. The third kappa shape index (κ3) is 4.84. The first-order valence-electron chi connectivity index (χ1n) is 14.2. The molecule has 3 unspecified atom stereocenters. The predicted octanol–water partition coefficient (Wildman–Crippen LogP) is 4.93. The number of likely N-dealkylation sites (tertiary alicyclic amines) is 1. The Morgan fingerprint density at radius 2 is 1.79 bits per heavy atom. The van der Waals surface area contributed by atoms with E-state index in [1.54, 1.807) is 6.20 Å². The third-order valence-electron chi connectivity index (χ3n) is 8.70. The Morgan fingerprint density at radius 3 is 2.47 bits per heavy atom. The van der Waals surface area contributed by atoms with Crippen LogP contribution >= 0.6 is 0 Å². The summed E-state index contributed by atoms with van der Waals surface area (Å²) in [6.07, 6.45) is 10.2. The fourth-order valence-corrected chi connectivity index (χ4v) is 6.75. The Labute approximate surface area is 224 Å². The van der Waals surface area contributed by atoms with Crippen molar-refractivity contribution in [3.05, 3.63) is 41.3 Å². The number of aromatic nitrogens is 3. The maximum absolute atomic E-state index is 16.0. The van der Waals surface area contributed by atoms with Crippen LogP contribution in [-0.2, 0) is 6.42 Å². The van der Waals surface area contributed by atoms with E-state index >= 15 is 4.39 Å². The Kier molecular flexibility index (Phi) is 7.18. The summed E-state index contributed by atoms with van der Waals surface area (Å²) in [5.74, 6) is 0.707. The zero-order valence-electron chi connectivity index (χ0n) is 22.8. The van der Waals surface area contributed by atoms with Gasteiger partial charge in [-0.15, -0.1) is 0 Å². The van der Waals surface area contributed by atoms with Gasteiger partial charge in [-0.2, -0.15) is 9.97 Å². The van der Waals surface area contributed by atoms with Crippen LogP contribution in [0.25, 0.3) is 22.2 Å². The Hall–Kier alpha value is -2.84. The van der Waals surface area contributed by atoms with Crippen LogP contribution in [0.1, 0.15) is 62.5 Å². The molecule has 2 aromatic heterocycles. The molecule has 0 radical (unpaired) electrons. The van der Waals surface area contributed by atoms with E-state index in [4.69, 9.17) is 4.74 Å². The lowest BCUT2D eigenvalue weighted by atomic mass is 9.80. The Morgan fingerprint density at radius 1 is 1.03 bits per heavy atom. The number of methoxy groups -OCH3 is 1. The second-order valence-electron chi connectivity index (χ2n) is 11.4. The van der Waals surface area contributed by atoms with E-state index < -0.39 is 5.82 Å². The molecule has 202 valence electrons. The van der Waals surface area contributed by atoms with Gasteiger partial charge in [0.05, 0.1) is 12.5 Å². The number of aryl methyl sites for hydroxylation is 1. The van der Waals surface area contributed by atoms with Gasteiger partial charge in [-0.3, -0.25) is 4.98 Å². The SMILES string of the molecule is CN1CCCC1.COc1nc(N2CC3CCC(C2)N3)c2cnc(-c3cccc4c3C(C)CCC4)c(F)c2n1. The molecule has 8 heteroatoms. The fourth-order valence-electron chi connectivity index (χ4n) is 6.75. The minimum absolute atomic E-state index is 0.192. The molecule has 1 aromatic carbocycles. The normalized spacial score (nSPS) is 24.7. The number of halogens is 1. The molecule has 5 heterocycles. The van der Waals surface area contributed by atoms with Gasteiger partial charge in [0, 0.05) is 36.9 Å². The summed E-state index contributed by atoms with van der Waals surface area (Å²) in [5, 5.41) is 4.28. The molecule has 4 aliphatic rings. The second kappa shape index (κ2) is 10.7. The lowest BCUT2D eigenvalue weighted by Gasteiger charge is -2.34. The number of benzene rings is 1. The van der Waals surface area contributed by atoms with E-state index in [-0.39, 0.29) is 11.5 Å². The van der Waals surface area contributed by atoms with E-state index in [2.05, 4.69) is 50.1 Å². The quantitative estimate of drug-likeness (QED) is 0.527. The summed E-state index contributed by atoms with van der Waals surface area (Å²) in [6.45, 7) is 6.56. The van der Waals surface area contributed by atoms with Crippen molar-refractivity contribution in [3.8, 4) is 17.3 Å². The van der Waals surface area contributed by atoms with Gasteiger partial charge in [0.1, 0.15) is 17.0 Å². The molecule has 3 aromatic rings. The number of fused-ring (bicyclic) bond motifs is 4. The van der Waals surface area contributed by atoms with E-state index in [0.717, 1.165) is 44.3 Å². The van der Waals surface area contributed by atoms with Crippen molar-refractivity contribution < 1.29 is 9.13 Å². The van der Waals surface area contributed by atoms with Crippen LogP contribution in [0.5, 0.6) is 6.01 Å². The van der Waals surface area contributed by atoms with Crippen molar-refractivity contribution in [1.29, 1.82) is 0 Å². The summed E-state index contributed by atoms with van der Waals surface area (Å²) in [5.41, 5.74) is 4.07. The van der Waals surface area contributed by atoms with E-state index in [1.165, 1.54) is 50.6 Å². The summed E-state index contributed by atoms with van der Waals surface area (Å²) < 4.78 is 21.4. The van der Waals surface area contributed by atoms with E-state index in [9.17, 15) is 0 Å². The first-order valence-corrected chi connectivity index (χ1v) is 14.2. The number of piperazine rings is 1. The molecule has 7 rings (SSSR count). The monoisotopic (exact) mass is 518 g/mol. The minimum Gasteiger partial charge on any atom is -0.467 e. The number of hydrogen-bond donors (Lipinski definition) is 1. The number of nitrogens with one attached hydrogen (secondary N) is 1. The summed E-state index contributed by atoms with van der Waals surface area (Å²) in [6, 6.07) is 7.25. The molecule has 3 atom stereocenters. The van der Waals surface area contributed by atoms with Gasteiger partial charge in [0.25, 0.3) is 0 Å². The van der Waals surface area contributed by atoms with Crippen LogP contribution in [0.2, 0.25) is 0 Å². The first-order chi connectivity index (χ1) is 18.5. The molecule has 0 saturated carbocycles. The Bertz CT molecular complexity index is 1300. The number of nitrogens with zero attached hydrogens (tertiary/aromatic N) is 5.